The molecule has 0 heterocycles. The summed E-state index contributed by atoms with van der Waals surface area (Å²) in [5.74, 6) is 6.79. The van der Waals surface area contributed by atoms with Crippen molar-refractivity contribution in [2.75, 3.05) is 6.61 Å². The van der Waals surface area contributed by atoms with Crippen molar-refractivity contribution in [1.82, 2.24) is 0 Å². The molecule has 4 rings (SSSR count). The Labute approximate surface area is 194 Å². The van der Waals surface area contributed by atoms with E-state index in [9.17, 15) is 0 Å². The molecule has 0 aromatic carbocycles. The summed E-state index contributed by atoms with van der Waals surface area (Å²) in [6, 6.07) is 0. The number of rotatable bonds is 8. The molecule has 4 aliphatic rings. The third-order valence-corrected chi connectivity index (χ3v) is 11.4. The van der Waals surface area contributed by atoms with Gasteiger partial charge in [-0.25, -0.2) is 0 Å². The van der Waals surface area contributed by atoms with E-state index in [0.717, 1.165) is 48.0 Å². The molecule has 0 N–H and O–H groups in total. The van der Waals surface area contributed by atoms with Gasteiger partial charge in [-0.2, -0.15) is 0 Å². The van der Waals surface area contributed by atoms with Gasteiger partial charge in [0.25, 0.3) is 0 Å². The molecule has 4 aliphatic carbocycles. The molecule has 0 saturated heterocycles. The van der Waals surface area contributed by atoms with Crippen molar-refractivity contribution in [3.8, 4) is 0 Å². The summed E-state index contributed by atoms with van der Waals surface area (Å²) < 4.78 is 6.23. The third-order valence-electron chi connectivity index (χ3n) is 11.4. The van der Waals surface area contributed by atoms with E-state index in [1.165, 1.54) is 77.0 Å². The smallest absolute Gasteiger partial charge is 0.0578 e. The normalized spacial score (nSPS) is 45.8. The van der Waals surface area contributed by atoms with Crippen molar-refractivity contribution in [1.29, 1.82) is 0 Å². The van der Waals surface area contributed by atoms with E-state index in [0.29, 0.717) is 16.9 Å². The highest BCUT2D eigenvalue weighted by Gasteiger charge is 2.60. The lowest BCUT2D eigenvalue weighted by Gasteiger charge is -2.61. The van der Waals surface area contributed by atoms with Gasteiger partial charge in [-0.3, -0.25) is 0 Å². The molecule has 0 bridgehead atoms. The highest BCUT2D eigenvalue weighted by molar-refractivity contribution is 5.09. The SMILES string of the molecule is CCCOC1CC[C@@]2(C)C(CC[C@H]3[C@@H]4CC[C@H]([C@H](C)CCCC(C)C)[C@@]4(C)CC[C@@H]32)C1. The lowest BCUT2D eigenvalue weighted by molar-refractivity contribution is -0.136. The first-order chi connectivity index (χ1) is 14.8. The van der Waals surface area contributed by atoms with Gasteiger partial charge >= 0.3 is 0 Å². The molecule has 9 atom stereocenters. The van der Waals surface area contributed by atoms with Crippen LogP contribution in [-0.4, -0.2) is 12.7 Å². The molecule has 0 amide bonds. The average Bonchev–Trinajstić information content (AvgIpc) is 3.09. The fraction of sp³-hybridized carbons (Fsp3) is 1.00. The number of fused-ring (bicyclic) bond motifs is 5. The van der Waals surface area contributed by atoms with Crippen LogP contribution in [0.25, 0.3) is 0 Å². The van der Waals surface area contributed by atoms with Crippen LogP contribution in [0, 0.1) is 52.3 Å². The second-order valence-corrected chi connectivity index (χ2v) is 13.5. The Morgan fingerprint density at radius 2 is 1.58 bits per heavy atom. The minimum absolute atomic E-state index is 0.561. The van der Waals surface area contributed by atoms with Crippen molar-refractivity contribution in [3.05, 3.63) is 0 Å². The maximum absolute atomic E-state index is 6.23. The van der Waals surface area contributed by atoms with E-state index in [1.807, 2.05) is 0 Å². The van der Waals surface area contributed by atoms with Gasteiger partial charge in [-0.15, -0.1) is 0 Å². The summed E-state index contributed by atoms with van der Waals surface area (Å²) in [5.41, 5.74) is 1.25. The molecule has 4 fully saturated rings. The minimum atomic E-state index is 0.561. The van der Waals surface area contributed by atoms with Gasteiger partial charge in [0.15, 0.2) is 0 Å². The fourth-order valence-corrected chi connectivity index (χ4v) is 9.68. The lowest BCUT2D eigenvalue weighted by atomic mass is 9.44. The summed E-state index contributed by atoms with van der Waals surface area (Å²) in [6.07, 6.45) is 19.3. The summed E-state index contributed by atoms with van der Waals surface area (Å²) in [7, 11) is 0. The number of hydrogen-bond donors (Lipinski definition) is 0. The van der Waals surface area contributed by atoms with Crippen molar-refractivity contribution >= 4 is 0 Å². The Hall–Kier alpha value is -0.0400. The number of ether oxygens (including phenoxy) is 1. The van der Waals surface area contributed by atoms with Crippen LogP contribution in [0.1, 0.15) is 125 Å². The van der Waals surface area contributed by atoms with E-state index >= 15 is 0 Å². The zero-order valence-corrected chi connectivity index (χ0v) is 21.9. The Kier molecular flexibility index (Phi) is 7.52. The average molecular weight is 431 g/mol. The van der Waals surface area contributed by atoms with E-state index in [4.69, 9.17) is 4.74 Å². The van der Waals surface area contributed by atoms with E-state index in [1.54, 1.807) is 6.42 Å². The maximum atomic E-state index is 6.23. The zero-order chi connectivity index (χ0) is 22.2. The van der Waals surface area contributed by atoms with Crippen LogP contribution in [0.4, 0.5) is 0 Å². The van der Waals surface area contributed by atoms with Crippen molar-refractivity contribution in [3.63, 3.8) is 0 Å². The molecule has 180 valence electrons. The molecule has 0 aliphatic heterocycles. The topological polar surface area (TPSA) is 9.23 Å². The van der Waals surface area contributed by atoms with Crippen molar-refractivity contribution in [2.24, 2.45) is 52.3 Å². The molecule has 2 unspecified atom stereocenters. The second kappa shape index (κ2) is 9.68. The van der Waals surface area contributed by atoms with E-state index < -0.39 is 0 Å². The molecular formula is C30H54O. The minimum Gasteiger partial charge on any atom is -0.378 e. The Balaban J connectivity index is 1.41. The zero-order valence-electron chi connectivity index (χ0n) is 21.9. The third kappa shape index (κ3) is 4.52. The molecule has 0 spiro atoms. The predicted molar refractivity (Wildman–Crippen MR) is 133 cm³/mol. The Morgan fingerprint density at radius 1 is 0.839 bits per heavy atom. The van der Waals surface area contributed by atoms with Crippen LogP contribution >= 0.6 is 0 Å². The van der Waals surface area contributed by atoms with Gasteiger partial charge in [0, 0.05) is 6.61 Å². The number of hydrogen-bond acceptors (Lipinski definition) is 1. The van der Waals surface area contributed by atoms with Gasteiger partial charge in [0.2, 0.25) is 0 Å². The molecule has 1 nitrogen and oxygen atoms in total. The highest BCUT2D eigenvalue weighted by Crippen LogP contribution is 2.68. The first-order valence-corrected chi connectivity index (χ1v) is 14.4. The van der Waals surface area contributed by atoms with Gasteiger partial charge in [0.1, 0.15) is 0 Å². The molecule has 4 saturated carbocycles. The van der Waals surface area contributed by atoms with Gasteiger partial charge in [-0.05, 0) is 116 Å². The molecule has 31 heavy (non-hydrogen) atoms. The van der Waals surface area contributed by atoms with Crippen molar-refractivity contribution < 1.29 is 4.74 Å². The van der Waals surface area contributed by atoms with Crippen LogP contribution in [0.5, 0.6) is 0 Å². The van der Waals surface area contributed by atoms with E-state index in [2.05, 4.69) is 41.5 Å². The molecule has 0 aromatic heterocycles. The fourth-order valence-electron chi connectivity index (χ4n) is 9.68. The van der Waals surface area contributed by atoms with Crippen molar-refractivity contribution in [2.45, 2.75) is 131 Å². The molecule has 1 heteroatoms. The highest BCUT2D eigenvalue weighted by atomic mass is 16.5. The first-order valence-electron chi connectivity index (χ1n) is 14.4. The standard InChI is InChI=1S/C30H54O/c1-7-19-31-24-15-17-29(5)23(20-24)11-12-25-27-14-13-26(22(4)10-8-9-21(2)3)30(27,6)18-16-28(25)29/h21-28H,7-20H2,1-6H3/t22-,23?,24?,25+,26-,27+,28+,29+,30-/m1/s1. The summed E-state index contributed by atoms with van der Waals surface area (Å²) in [6.45, 7) is 16.1. The second-order valence-electron chi connectivity index (χ2n) is 13.5. The summed E-state index contributed by atoms with van der Waals surface area (Å²) in [5, 5.41) is 0. The van der Waals surface area contributed by atoms with Gasteiger partial charge < -0.3 is 4.74 Å². The van der Waals surface area contributed by atoms with Crippen LogP contribution in [0.2, 0.25) is 0 Å². The summed E-state index contributed by atoms with van der Waals surface area (Å²) >= 11 is 0. The van der Waals surface area contributed by atoms with Crippen LogP contribution < -0.4 is 0 Å². The van der Waals surface area contributed by atoms with Gasteiger partial charge in [0.05, 0.1) is 6.10 Å². The van der Waals surface area contributed by atoms with Crippen LogP contribution in [0.3, 0.4) is 0 Å². The first kappa shape index (κ1) is 24.1. The monoisotopic (exact) mass is 430 g/mol. The van der Waals surface area contributed by atoms with Gasteiger partial charge in [-0.1, -0.05) is 60.8 Å². The molecule has 0 aromatic rings. The lowest BCUT2D eigenvalue weighted by Crippen LogP contribution is -2.54. The largest absolute Gasteiger partial charge is 0.378 e. The Bertz CT molecular complexity index is 583. The van der Waals surface area contributed by atoms with E-state index in [-0.39, 0.29) is 0 Å². The van der Waals surface area contributed by atoms with Crippen LogP contribution in [-0.2, 0) is 4.74 Å². The van der Waals surface area contributed by atoms with Crippen LogP contribution in [0.15, 0.2) is 0 Å². The Morgan fingerprint density at radius 3 is 2.32 bits per heavy atom. The molecular weight excluding hydrogens is 376 g/mol. The predicted octanol–water partition coefficient (Wildman–Crippen LogP) is 8.90. The maximum Gasteiger partial charge on any atom is 0.0578 e. The molecule has 0 radical (unpaired) electrons. The quantitative estimate of drug-likeness (QED) is 0.373. The summed E-state index contributed by atoms with van der Waals surface area (Å²) in [4.78, 5) is 0.